The zero-order chi connectivity index (χ0) is 12.3. The number of hydrogen-bond acceptors (Lipinski definition) is 4. The summed E-state index contributed by atoms with van der Waals surface area (Å²) >= 11 is 1.27. The number of amides is 1. The van der Waals surface area contributed by atoms with E-state index in [1.54, 1.807) is 0 Å². The minimum absolute atomic E-state index is 0.0444. The lowest BCUT2D eigenvalue weighted by Crippen LogP contribution is -2.33. The lowest BCUT2D eigenvalue weighted by Gasteiger charge is -2.22. The molecule has 1 aromatic heterocycles. The maximum atomic E-state index is 12.2. The molecule has 0 aliphatic carbocycles. The second kappa shape index (κ2) is 5.30. The fourth-order valence-corrected chi connectivity index (χ4v) is 2.36. The molecule has 0 aliphatic heterocycles. The van der Waals surface area contributed by atoms with E-state index in [2.05, 4.69) is 18.8 Å². The maximum Gasteiger partial charge on any atom is 0.265 e. The van der Waals surface area contributed by atoms with E-state index in [4.69, 9.17) is 5.73 Å². The molecule has 16 heavy (non-hydrogen) atoms. The number of carbonyl (C=O) groups is 1. The summed E-state index contributed by atoms with van der Waals surface area (Å²) in [7, 11) is 0. The van der Waals surface area contributed by atoms with Crippen molar-refractivity contribution in [3.8, 4) is 0 Å². The number of rotatable bonds is 4. The van der Waals surface area contributed by atoms with Crippen LogP contribution in [-0.4, -0.2) is 28.9 Å². The number of hydrogen-bond donors (Lipinski definition) is 1. The van der Waals surface area contributed by atoms with Gasteiger partial charge in [-0.25, -0.2) is 4.98 Å². The minimum Gasteiger partial charge on any atom is -0.375 e. The number of nitrogens with zero attached hydrogens (tertiary/aromatic N) is 2. The lowest BCUT2D eigenvalue weighted by molar-refractivity contribution is 0.0749. The summed E-state index contributed by atoms with van der Waals surface area (Å²) in [6.07, 6.45) is 0. The van der Waals surface area contributed by atoms with E-state index in [1.807, 2.05) is 18.7 Å². The van der Waals surface area contributed by atoms with Crippen LogP contribution in [0.3, 0.4) is 0 Å². The molecule has 0 spiro atoms. The Kier molecular flexibility index (Phi) is 4.29. The number of carbonyl (C=O) groups excluding carboxylic acids is 1. The van der Waals surface area contributed by atoms with Crippen molar-refractivity contribution in [3.63, 3.8) is 0 Å². The summed E-state index contributed by atoms with van der Waals surface area (Å²) in [5.41, 5.74) is 6.33. The summed E-state index contributed by atoms with van der Waals surface area (Å²) in [4.78, 5) is 18.8. The Morgan fingerprint density at radius 2 is 2.19 bits per heavy atom. The van der Waals surface area contributed by atoms with Gasteiger partial charge in [-0.15, -0.1) is 0 Å². The SMILES string of the molecule is CCN(CC(C)C)C(=O)c1sc(N)nc1C. The largest absolute Gasteiger partial charge is 0.375 e. The Bertz CT molecular complexity index is 373. The number of aryl methyl sites for hydroxylation is 1. The molecule has 0 saturated heterocycles. The Morgan fingerprint density at radius 1 is 1.56 bits per heavy atom. The van der Waals surface area contributed by atoms with Crippen LogP contribution in [0.2, 0.25) is 0 Å². The topological polar surface area (TPSA) is 59.2 Å². The third-order valence-electron chi connectivity index (χ3n) is 2.26. The number of aromatic nitrogens is 1. The fourth-order valence-electron chi connectivity index (χ4n) is 1.56. The number of anilines is 1. The van der Waals surface area contributed by atoms with E-state index < -0.39 is 0 Å². The fraction of sp³-hybridized carbons (Fsp3) is 0.636. The molecule has 1 heterocycles. The lowest BCUT2D eigenvalue weighted by atomic mass is 10.2. The molecule has 0 fully saturated rings. The molecule has 1 aromatic rings. The third kappa shape index (κ3) is 2.95. The zero-order valence-electron chi connectivity index (χ0n) is 10.3. The molecular formula is C11H19N3OS. The smallest absolute Gasteiger partial charge is 0.265 e. The monoisotopic (exact) mass is 241 g/mol. The van der Waals surface area contributed by atoms with Crippen LogP contribution in [0.15, 0.2) is 0 Å². The highest BCUT2D eigenvalue weighted by Gasteiger charge is 2.20. The van der Waals surface area contributed by atoms with Gasteiger partial charge in [-0.2, -0.15) is 0 Å². The van der Waals surface area contributed by atoms with Crippen LogP contribution in [0, 0.1) is 12.8 Å². The van der Waals surface area contributed by atoms with E-state index >= 15 is 0 Å². The standard InChI is InChI=1S/C11H19N3OS/c1-5-14(6-7(2)3)10(15)9-8(4)13-11(12)16-9/h7H,5-6H2,1-4H3,(H2,12,13). The van der Waals surface area contributed by atoms with Gasteiger partial charge in [-0.05, 0) is 19.8 Å². The maximum absolute atomic E-state index is 12.2. The van der Waals surface area contributed by atoms with Crippen molar-refractivity contribution in [2.75, 3.05) is 18.8 Å². The molecule has 0 radical (unpaired) electrons. The van der Waals surface area contributed by atoms with Gasteiger partial charge < -0.3 is 10.6 Å². The highest BCUT2D eigenvalue weighted by molar-refractivity contribution is 7.17. The molecule has 0 atom stereocenters. The predicted octanol–water partition coefficient (Wildman–Crippen LogP) is 2.15. The van der Waals surface area contributed by atoms with Gasteiger partial charge in [0.05, 0.1) is 5.69 Å². The molecule has 0 aromatic carbocycles. The van der Waals surface area contributed by atoms with Crippen molar-refractivity contribution >= 4 is 22.4 Å². The molecule has 0 unspecified atom stereocenters. The number of nitrogen functional groups attached to an aromatic ring is 1. The molecule has 0 aliphatic rings. The van der Waals surface area contributed by atoms with Crippen LogP contribution in [0.1, 0.15) is 36.1 Å². The molecule has 0 saturated carbocycles. The van der Waals surface area contributed by atoms with Crippen LogP contribution in [-0.2, 0) is 0 Å². The van der Waals surface area contributed by atoms with E-state index in [0.717, 1.165) is 12.2 Å². The molecule has 2 N–H and O–H groups in total. The first kappa shape index (κ1) is 13.0. The average molecular weight is 241 g/mol. The third-order valence-corrected chi connectivity index (χ3v) is 3.24. The van der Waals surface area contributed by atoms with Gasteiger partial charge in [0.25, 0.3) is 5.91 Å². The zero-order valence-corrected chi connectivity index (χ0v) is 11.1. The van der Waals surface area contributed by atoms with Crippen molar-refractivity contribution in [1.82, 2.24) is 9.88 Å². The molecule has 5 heteroatoms. The van der Waals surface area contributed by atoms with Gasteiger partial charge in [-0.3, -0.25) is 4.79 Å². The Balaban J connectivity index is 2.86. The Morgan fingerprint density at radius 3 is 2.56 bits per heavy atom. The van der Waals surface area contributed by atoms with Crippen molar-refractivity contribution in [3.05, 3.63) is 10.6 Å². The van der Waals surface area contributed by atoms with E-state index in [9.17, 15) is 4.79 Å². The van der Waals surface area contributed by atoms with Crippen molar-refractivity contribution in [2.24, 2.45) is 5.92 Å². The predicted molar refractivity (Wildman–Crippen MR) is 67.7 cm³/mol. The summed E-state index contributed by atoms with van der Waals surface area (Å²) in [5.74, 6) is 0.511. The first-order chi connectivity index (χ1) is 7.45. The molecule has 1 rings (SSSR count). The average Bonchev–Trinajstić information content (AvgIpc) is 2.53. The van der Waals surface area contributed by atoms with E-state index in [1.165, 1.54) is 11.3 Å². The van der Waals surface area contributed by atoms with Gasteiger partial charge in [0.2, 0.25) is 0 Å². The quantitative estimate of drug-likeness (QED) is 0.878. The van der Waals surface area contributed by atoms with E-state index in [0.29, 0.717) is 22.5 Å². The van der Waals surface area contributed by atoms with E-state index in [-0.39, 0.29) is 5.91 Å². The second-order valence-electron chi connectivity index (χ2n) is 4.20. The van der Waals surface area contributed by atoms with Crippen molar-refractivity contribution in [1.29, 1.82) is 0 Å². The number of nitrogens with two attached hydrogens (primary N) is 1. The highest BCUT2D eigenvalue weighted by atomic mass is 32.1. The van der Waals surface area contributed by atoms with Crippen LogP contribution in [0.25, 0.3) is 0 Å². The van der Waals surface area contributed by atoms with Crippen LogP contribution in [0.4, 0.5) is 5.13 Å². The first-order valence-electron chi connectivity index (χ1n) is 5.47. The molecule has 4 nitrogen and oxygen atoms in total. The number of thiazole rings is 1. The van der Waals surface area contributed by atoms with Crippen molar-refractivity contribution in [2.45, 2.75) is 27.7 Å². The van der Waals surface area contributed by atoms with Crippen LogP contribution in [0.5, 0.6) is 0 Å². The summed E-state index contributed by atoms with van der Waals surface area (Å²) in [6.45, 7) is 9.50. The Labute approximate surface area is 100 Å². The van der Waals surface area contributed by atoms with Gasteiger partial charge in [0.1, 0.15) is 4.88 Å². The minimum atomic E-state index is 0.0444. The summed E-state index contributed by atoms with van der Waals surface area (Å²) in [5, 5.41) is 0.460. The molecule has 0 bridgehead atoms. The summed E-state index contributed by atoms with van der Waals surface area (Å²) in [6, 6.07) is 0. The Hall–Kier alpha value is -1.10. The van der Waals surface area contributed by atoms with Crippen molar-refractivity contribution < 1.29 is 4.79 Å². The highest BCUT2D eigenvalue weighted by Crippen LogP contribution is 2.21. The van der Waals surface area contributed by atoms with Gasteiger partial charge in [0.15, 0.2) is 5.13 Å². The van der Waals surface area contributed by atoms with Gasteiger partial charge >= 0.3 is 0 Å². The van der Waals surface area contributed by atoms with Gasteiger partial charge in [0, 0.05) is 13.1 Å². The molecule has 90 valence electrons. The normalized spacial score (nSPS) is 10.8. The summed E-state index contributed by atoms with van der Waals surface area (Å²) < 4.78 is 0. The molecular weight excluding hydrogens is 222 g/mol. The van der Waals surface area contributed by atoms with Crippen LogP contribution >= 0.6 is 11.3 Å². The molecule has 1 amide bonds. The first-order valence-corrected chi connectivity index (χ1v) is 6.29. The van der Waals surface area contributed by atoms with Gasteiger partial charge in [-0.1, -0.05) is 25.2 Å². The second-order valence-corrected chi connectivity index (χ2v) is 5.23. The van der Waals surface area contributed by atoms with Crippen LogP contribution < -0.4 is 5.73 Å².